The lowest BCUT2D eigenvalue weighted by Gasteiger charge is -2.09. The quantitative estimate of drug-likeness (QED) is 0.589. The highest BCUT2D eigenvalue weighted by Gasteiger charge is 2.10. The van der Waals surface area contributed by atoms with Crippen molar-refractivity contribution >= 4 is 33.3 Å². The molecule has 1 heterocycles. The number of aromatic nitrogens is 1. The second-order valence-corrected chi connectivity index (χ2v) is 4.73. The van der Waals surface area contributed by atoms with Gasteiger partial charge in [0.25, 0.3) is 5.91 Å². The van der Waals surface area contributed by atoms with E-state index >= 15 is 0 Å². The second-order valence-electron chi connectivity index (χ2n) is 3.87. The smallest absolute Gasteiger partial charge is 0.255 e. The average molecular weight is 337 g/mol. The fourth-order valence-electron chi connectivity index (χ4n) is 1.57. The van der Waals surface area contributed by atoms with Gasteiger partial charge in [0.05, 0.1) is 12.8 Å². The number of benzene rings is 1. The number of nitrogens with one attached hydrogen (secondary N) is 2. The largest absolute Gasteiger partial charge is 0.497 e. The van der Waals surface area contributed by atoms with Gasteiger partial charge in [-0.3, -0.25) is 4.79 Å². The van der Waals surface area contributed by atoms with Gasteiger partial charge < -0.3 is 15.5 Å². The first kappa shape index (κ1) is 14.3. The number of anilines is 2. The average Bonchev–Trinajstić information content (AvgIpc) is 2.49. The minimum Gasteiger partial charge on any atom is -0.497 e. The molecule has 4 N–H and O–H groups in total. The second kappa shape index (κ2) is 6.36. The van der Waals surface area contributed by atoms with Gasteiger partial charge >= 0.3 is 0 Å². The lowest BCUT2D eigenvalue weighted by Crippen LogP contribution is -2.14. The summed E-state index contributed by atoms with van der Waals surface area (Å²) in [7, 11) is 1.57. The molecule has 0 unspecified atom stereocenters. The molecule has 1 aromatic carbocycles. The van der Waals surface area contributed by atoms with Crippen molar-refractivity contribution in [2.45, 2.75) is 0 Å². The summed E-state index contributed by atoms with van der Waals surface area (Å²) in [6.07, 6.45) is 1.50. The summed E-state index contributed by atoms with van der Waals surface area (Å²) in [5.74, 6) is 6.07. The van der Waals surface area contributed by atoms with E-state index in [1.54, 1.807) is 37.4 Å². The van der Waals surface area contributed by atoms with Crippen LogP contribution in [-0.2, 0) is 0 Å². The predicted octanol–water partition coefficient (Wildman–Crippen LogP) is 2.39. The Morgan fingerprint density at radius 2 is 2.15 bits per heavy atom. The highest BCUT2D eigenvalue weighted by molar-refractivity contribution is 9.10. The number of amides is 1. The number of halogens is 1. The third-order valence-electron chi connectivity index (χ3n) is 2.59. The van der Waals surface area contributed by atoms with Crippen molar-refractivity contribution < 1.29 is 9.53 Å². The number of nitrogen functional groups attached to an aromatic ring is 1. The molecule has 0 saturated heterocycles. The number of hydrazine groups is 1. The van der Waals surface area contributed by atoms with Crippen LogP contribution in [0.25, 0.3) is 0 Å². The van der Waals surface area contributed by atoms with Gasteiger partial charge in [-0.1, -0.05) is 0 Å². The Morgan fingerprint density at radius 3 is 2.85 bits per heavy atom. The van der Waals surface area contributed by atoms with E-state index in [2.05, 4.69) is 31.7 Å². The number of carbonyl (C=O) groups is 1. The zero-order valence-electron chi connectivity index (χ0n) is 10.7. The molecule has 0 atom stereocenters. The first-order chi connectivity index (χ1) is 9.63. The summed E-state index contributed by atoms with van der Waals surface area (Å²) in [5, 5.41) is 2.79. The Hall–Kier alpha value is -2.12. The summed E-state index contributed by atoms with van der Waals surface area (Å²) in [5.41, 5.74) is 3.46. The van der Waals surface area contributed by atoms with Gasteiger partial charge in [-0.15, -0.1) is 0 Å². The molecule has 20 heavy (non-hydrogen) atoms. The Bertz CT molecular complexity index is 634. The Kier molecular flexibility index (Phi) is 4.54. The third-order valence-corrected chi connectivity index (χ3v) is 3.28. The van der Waals surface area contributed by atoms with Crippen molar-refractivity contribution in [1.29, 1.82) is 0 Å². The monoisotopic (exact) mass is 336 g/mol. The van der Waals surface area contributed by atoms with Crippen molar-refractivity contribution in [3.05, 3.63) is 46.6 Å². The van der Waals surface area contributed by atoms with E-state index < -0.39 is 0 Å². The summed E-state index contributed by atoms with van der Waals surface area (Å²) in [6, 6.07) is 8.48. The maximum absolute atomic E-state index is 12.2. The molecular weight excluding hydrogens is 324 g/mol. The van der Waals surface area contributed by atoms with Gasteiger partial charge in [0.2, 0.25) is 0 Å². The lowest BCUT2D eigenvalue weighted by molar-refractivity contribution is 0.102. The molecule has 104 valence electrons. The van der Waals surface area contributed by atoms with E-state index in [1.165, 1.54) is 6.20 Å². The molecule has 2 aromatic rings. The van der Waals surface area contributed by atoms with E-state index in [9.17, 15) is 4.79 Å². The van der Waals surface area contributed by atoms with Crippen LogP contribution in [0.4, 0.5) is 11.5 Å². The summed E-state index contributed by atoms with van der Waals surface area (Å²) in [4.78, 5) is 16.1. The van der Waals surface area contributed by atoms with Crippen LogP contribution < -0.4 is 21.3 Å². The fraction of sp³-hybridized carbons (Fsp3) is 0.0769. The SMILES string of the molecule is COc1ccc(Br)c(NC(=O)c2ccnc(NN)c2)c1. The highest BCUT2D eigenvalue weighted by Crippen LogP contribution is 2.27. The van der Waals surface area contributed by atoms with Gasteiger partial charge in [0, 0.05) is 22.3 Å². The van der Waals surface area contributed by atoms with E-state index in [0.29, 0.717) is 22.8 Å². The normalized spacial score (nSPS) is 9.95. The van der Waals surface area contributed by atoms with E-state index in [1.807, 2.05) is 0 Å². The van der Waals surface area contributed by atoms with Crippen LogP contribution >= 0.6 is 15.9 Å². The van der Waals surface area contributed by atoms with Crippen molar-refractivity contribution in [2.24, 2.45) is 5.84 Å². The van der Waals surface area contributed by atoms with Crippen LogP contribution in [0.2, 0.25) is 0 Å². The predicted molar refractivity (Wildman–Crippen MR) is 80.7 cm³/mol. The maximum atomic E-state index is 12.2. The minimum atomic E-state index is -0.266. The Labute approximate surface area is 124 Å². The first-order valence-corrected chi connectivity index (χ1v) is 6.51. The van der Waals surface area contributed by atoms with Crippen molar-refractivity contribution in [3.63, 3.8) is 0 Å². The molecule has 0 bridgehead atoms. The number of carbonyl (C=O) groups excluding carboxylic acids is 1. The highest BCUT2D eigenvalue weighted by atomic mass is 79.9. The molecule has 7 heteroatoms. The molecule has 0 fully saturated rings. The molecule has 2 rings (SSSR count). The van der Waals surface area contributed by atoms with Gasteiger partial charge in [-0.2, -0.15) is 0 Å². The summed E-state index contributed by atoms with van der Waals surface area (Å²) in [6.45, 7) is 0. The van der Waals surface area contributed by atoms with Crippen LogP contribution in [0.3, 0.4) is 0 Å². The number of hydrogen-bond donors (Lipinski definition) is 3. The van der Waals surface area contributed by atoms with Gasteiger partial charge in [-0.05, 0) is 40.2 Å². The molecule has 0 aliphatic carbocycles. The lowest BCUT2D eigenvalue weighted by atomic mass is 10.2. The molecule has 0 aliphatic rings. The van der Waals surface area contributed by atoms with E-state index in [4.69, 9.17) is 10.6 Å². The first-order valence-electron chi connectivity index (χ1n) is 5.71. The van der Waals surface area contributed by atoms with Crippen LogP contribution in [0.1, 0.15) is 10.4 Å². The van der Waals surface area contributed by atoms with Crippen molar-refractivity contribution in [3.8, 4) is 5.75 Å². The van der Waals surface area contributed by atoms with E-state index in [0.717, 1.165) is 4.47 Å². The number of nitrogens with two attached hydrogens (primary N) is 1. The van der Waals surface area contributed by atoms with Crippen LogP contribution in [0.5, 0.6) is 5.75 Å². The van der Waals surface area contributed by atoms with Crippen LogP contribution in [0.15, 0.2) is 41.0 Å². The van der Waals surface area contributed by atoms with E-state index in [-0.39, 0.29) is 5.91 Å². The fourth-order valence-corrected chi connectivity index (χ4v) is 1.92. The third kappa shape index (κ3) is 3.25. The number of hydrogen-bond acceptors (Lipinski definition) is 5. The van der Waals surface area contributed by atoms with Gasteiger partial charge in [0.1, 0.15) is 11.6 Å². The topological polar surface area (TPSA) is 89.3 Å². The zero-order chi connectivity index (χ0) is 14.5. The number of pyridine rings is 1. The van der Waals surface area contributed by atoms with Crippen LogP contribution in [0, 0.1) is 0 Å². The summed E-state index contributed by atoms with van der Waals surface area (Å²) >= 11 is 3.37. The zero-order valence-corrected chi connectivity index (χ0v) is 12.3. The molecular formula is C13H13BrN4O2. The molecule has 0 spiro atoms. The van der Waals surface area contributed by atoms with Crippen molar-refractivity contribution in [2.75, 3.05) is 17.9 Å². The molecule has 0 radical (unpaired) electrons. The van der Waals surface area contributed by atoms with Gasteiger partial charge in [0.15, 0.2) is 0 Å². The summed E-state index contributed by atoms with van der Waals surface area (Å²) < 4.78 is 5.89. The number of ether oxygens (including phenoxy) is 1. The molecule has 6 nitrogen and oxygen atoms in total. The molecule has 0 saturated carbocycles. The Balaban J connectivity index is 2.22. The molecule has 0 aliphatic heterocycles. The number of nitrogens with zero attached hydrogens (tertiary/aromatic N) is 1. The standard InChI is InChI=1S/C13H13BrN4O2/c1-20-9-2-3-10(14)11(7-9)17-13(19)8-4-5-16-12(6-8)18-15/h2-7H,15H2,1H3,(H,16,18)(H,17,19). The Morgan fingerprint density at radius 1 is 1.35 bits per heavy atom. The maximum Gasteiger partial charge on any atom is 0.255 e. The van der Waals surface area contributed by atoms with Crippen LogP contribution in [-0.4, -0.2) is 18.0 Å². The number of rotatable bonds is 4. The minimum absolute atomic E-state index is 0.266. The number of methoxy groups -OCH3 is 1. The molecule has 1 aromatic heterocycles. The van der Waals surface area contributed by atoms with Gasteiger partial charge in [-0.25, -0.2) is 10.8 Å². The molecule has 1 amide bonds. The van der Waals surface area contributed by atoms with Crippen molar-refractivity contribution in [1.82, 2.24) is 4.98 Å².